The molecule has 1 aliphatic rings. The monoisotopic (exact) mass is 396 g/mol. The molecule has 5 nitrogen and oxygen atoms in total. The first kappa shape index (κ1) is 24.8. The van der Waals surface area contributed by atoms with E-state index in [2.05, 4.69) is 11.7 Å². The Bertz CT molecular complexity index is 511. The Labute approximate surface area is 170 Å². The van der Waals surface area contributed by atoms with Crippen LogP contribution in [0.1, 0.15) is 85.0 Å². The summed E-state index contributed by atoms with van der Waals surface area (Å²) in [5, 5.41) is 21.0. The maximum Gasteiger partial charge on any atom is 0.305 e. The Morgan fingerprint density at radius 1 is 1.21 bits per heavy atom. The molecule has 162 valence electrons. The number of carbonyl (C=O) groups excluding carboxylic acids is 2. The highest BCUT2D eigenvalue weighted by atomic mass is 16.5. The van der Waals surface area contributed by atoms with E-state index in [0.717, 1.165) is 38.5 Å². The number of hydrogen-bond acceptors (Lipinski definition) is 5. The quantitative estimate of drug-likeness (QED) is 0.277. The summed E-state index contributed by atoms with van der Waals surface area (Å²) in [4.78, 5) is 24.0. The van der Waals surface area contributed by atoms with Crippen molar-refractivity contribution in [1.82, 2.24) is 0 Å². The topological polar surface area (TPSA) is 83.8 Å². The van der Waals surface area contributed by atoms with Crippen LogP contribution < -0.4 is 0 Å². The summed E-state index contributed by atoms with van der Waals surface area (Å²) in [5.41, 5.74) is -0.735. The molecule has 4 atom stereocenters. The third-order valence-electron chi connectivity index (χ3n) is 6.14. The Morgan fingerprint density at radius 3 is 2.57 bits per heavy atom. The smallest absolute Gasteiger partial charge is 0.305 e. The first-order chi connectivity index (χ1) is 13.3. The molecular formula is C23H40O5. The molecule has 0 amide bonds. The molecule has 0 saturated heterocycles. The van der Waals surface area contributed by atoms with Gasteiger partial charge in [-0.25, -0.2) is 0 Å². The minimum Gasteiger partial charge on any atom is -0.469 e. The summed E-state index contributed by atoms with van der Waals surface area (Å²) >= 11 is 0. The zero-order valence-electron chi connectivity index (χ0n) is 18.2. The maximum atomic E-state index is 12.8. The number of ketones is 1. The van der Waals surface area contributed by atoms with Crippen molar-refractivity contribution in [2.45, 2.75) is 97.2 Å². The van der Waals surface area contributed by atoms with Gasteiger partial charge in [0.2, 0.25) is 0 Å². The number of Topliss-reactive ketones (excluding diaryl/α,β-unsaturated/α-hetero) is 1. The summed E-state index contributed by atoms with van der Waals surface area (Å²) in [7, 11) is 1.39. The summed E-state index contributed by atoms with van der Waals surface area (Å²) < 4.78 is 4.62. The molecule has 0 radical (unpaired) electrons. The van der Waals surface area contributed by atoms with Crippen LogP contribution in [0.25, 0.3) is 0 Å². The third kappa shape index (κ3) is 7.32. The van der Waals surface area contributed by atoms with Crippen molar-refractivity contribution >= 4 is 11.8 Å². The molecule has 1 fully saturated rings. The molecule has 0 aromatic carbocycles. The van der Waals surface area contributed by atoms with Gasteiger partial charge in [-0.2, -0.15) is 0 Å². The fraction of sp³-hybridized carbons (Fsp3) is 0.826. The van der Waals surface area contributed by atoms with Gasteiger partial charge in [-0.15, -0.1) is 0 Å². The number of methoxy groups -OCH3 is 1. The summed E-state index contributed by atoms with van der Waals surface area (Å²) in [5.74, 6) is -0.403. The summed E-state index contributed by atoms with van der Waals surface area (Å²) in [6.45, 7) is 5.79. The van der Waals surface area contributed by atoms with Crippen LogP contribution in [-0.4, -0.2) is 41.3 Å². The van der Waals surface area contributed by atoms with Gasteiger partial charge in [0.1, 0.15) is 5.78 Å². The molecule has 28 heavy (non-hydrogen) atoms. The van der Waals surface area contributed by atoms with Crippen LogP contribution in [0.5, 0.6) is 0 Å². The van der Waals surface area contributed by atoms with Crippen LogP contribution in [0.4, 0.5) is 0 Å². The van der Waals surface area contributed by atoms with Crippen LogP contribution in [0.3, 0.4) is 0 Å². The average Bonchev–Trinajstić information content (AvgIpc) is 2.82. The Balaban J connectivity index is 2.56. The Kier molecular flexibility index (Phi) is 11.0. The van der Waals surface area contributed by atoms with E-state index in [0.29, 0.717) is 25.7 Å². The second-order valence-corrected chi connectivity index (χ2v) is 8.70. The van der Waals surface area contributed by atoms with Crippen LogP contribution in [-0.2, 0) is 14.3 Å². The number of unbranched alkanes of at least 4 members (excludes halogenated alkanes) is 3. The summed E-state index contributed by atoms with van der Waals surface area (Å²) in [6, 6.07) is 0. The van der Waals surface area contributed by atoms with Crippen molar-refractivity contribution in [1.29, 1.82) is 0 Å². The number of aliphatic hydroxyl groups is 2. The third-order valence-corrected chi connectivity index (χ3v) is 6.14. The molecule has 1 aliphatic carbocycles. The van der Waals surface area contributed by atoms with Gasteiger partial charge in [0.05, 0.1) is 19.3 Å². The lowest BCUT2D eigenvalue weighted by Gasteiger charge is -2.25. The highest BCUT2D eigenvalue weighted by Gasteiger charge is 2.53. The molecule has 1 rings (SSSR count). The van der Waals surface area contributed by atoms with Crippen LogP contribution in [0, 0.1) is 17.3 Å². The van der Waals surface area contributed by atoms with Gasteiger partial charge in [0, 0.05) is 17.8 Å². The Morgan fingerprint density at radius 2 is 1.93 bits per heavy atom. The highest BCUT2D eigenvalue weighted by Crippen LogP contribution is 2.46. The van der Waals surface area contributed by atoms with Gasteiger partial charge in [-0.3, -0.25) is 9.59 Å². The van der Waals surface area contributed by atoms with Crippen molar-refractivity contribution < 1.29 is 24.5 Å². The van der Waals surface area contributed by atoms with Gasteiger partial charge in [-0.05, 0) is 44.4 Å². The largest absolute Gasteiger partial charge is 0.469 e. The molecule has 0 heterocycles. The fourth-order valence-corrected chi connectivity index (χ4v) is 4.20. The highest BCUT2D eigenvalue weighted by molar-refractivity contribution is 5.90. The van der Waals surface area contributed by atoms with Gasteiger partial charge in [0.15, 0.2) is 0 Å². The van der Waals surface area contributed by atoms with E-state index in [1.165, 1.54) is 7.11 Å². The van der Waals surface area contributed by atoms with Crippen LogP contribution in [0.2, 0.25) is 0 Å². The predicted octanol–water partition coefficient (Wildman–Crippen LogP) is 4.20. The number of carbonyl (C=O) groups is 2. The first-order valence-electron chi connectivity index (χ1n) is 10.9. The zero-order chi connectivity index (χ0) is 21.2. The SMILES string of the molecule is CCCCCC(O)CCC1C(C/C=C/CCCC(=O)OC)C(=O)C(C)(C)C1O. The lowest BCUT2D eigenvalue weighted by molar-refractivity contribution is -0.140. The van der Waals surface area contributed by atoms with Crippen LogP contribution >= 0.6 is 0 Å². The fourth-order valence-electron chi connectivity index (χ4n) is 4.20. The number of hydrogen-bond donors (Lipinski definition) is 2. The van der Waals surface area contributed by atoms with E-state index in [-0.39, 0.29) is 29.7 Å². The molecule has 0 bridgehead atoms. The van der Waals surface area contributed by atoms with E-state index >= 15 is 0 Å². The molecular weight excluding hydrogens is 356 g/mol. The normalized spacial score (nSPS) is 25.4. The Hall–Kier alpha value is -1.20. The van der Waals surface area contributed by atoms with E-state index in [1.807, 2.05) is 26.0 Å². The van der Waals surface area contributed by atoms with Gasteiger partial charge < -0.3 is 14.9 Å². The molecule has 0 spiro atoms. The maximum absolute atomic E-state index is 12.8. The van der Waals surface area contributed by atoms with Gasteiger partial charge in [-0.1, -0.05) is 52.2 Å². The molecule has 2 N–H and O–H groups in total. The average molecular weight is 397 g/mol. The molecule has 0 aromatic rings. The molecule has 4 unspecified atom stereocenters. The van der Waals surface area contributed by atoms with Crippen molar-refractivity contribution in [3.8, 4) is 0 Å². The van der Waals surface area contributed by atoms with E-state index in [9.17, 15) is 19.8 Å². The van der Waals surface area contributed by atoms with E-state index in [1.54, 1.807) is 0 Å². The number of esters is 1. The minimum atomic E-state index is -0.735. The van der Waals surface area contributed by atoms with Gasteiger partial charge >= 0.3 is 5.97 Å². The minimum absolute atomic E-state index is 0.108. The number of ether oxygens (including phenoxy) is 1. The number of allylic oxidation sites excluding steroid dienone is 2. The number of rotatable bonds is 13. The van der Waals surface area contributed by atoms with Crippen molar-refractivity contribution in [2.24, 2.45) is 17.3 Å². The van der Waals surface area contributed by atoms with E-state index in [4.69, 9.17) is 0 Å². The van der Waals surface area contributed by atoms with Crippen molar-refractivity contribution in [3.63, 3.8) is 0 Å². The molecule has 1 saturated carbocycles. The van der Waals surface area contributed by atoms with Crippen molar-refractivity contribution in [3.05, 3.63) is 12.2 Å². The van der Waals surface area contributed by atoms with Crippen LogP contribution in [0.15, 0.2) is 12.2 Å². The standard InChI is InChI=1S/C23H40O5/c1-5-6-9-12-17(24)15-16-19-18(21(26)23(2,3)22(19)27)13-10-7-8-11-14-20(25)28-4/h7,10,17-19,22,24,27H,5-6,8-9,11-16H2,1-4H3/b10-7+. The second kappa shape index (κ2) is 12.4. The second-order valence-electron chi connectivity index (χ2n) is 8.70. The first-order valence-corrected chi connectivity index (χ1v) is 10.9. The van der Waals surface area contributed by atoms with E-state index < -0.39 is 11.5 Å². The van der Waals surface area contributed by atoms with Gasteiger partial charge in [0.25, 0.3) is 0 Å². The lowest BCUT2D eigenvalue weighted by Crippen LogP contribution is -2.32. The molecule has 0 aromatic heterocycles. The predicted molar refractivity (Wildman–Crippen MR) is 111 cm³/mol. The number of aliphatic hydroxyl groups excluding tert-OH is 2. The molecule has 5 heteroatoms. The molecule has 0 aliphatic heterocycles. The lowest BCUT2D eigenvalue weighted by atomic mass is 9.85. The summed E-state index contributed by atoms with van der Waals surface area (Å²) in [6.07, 6.45) is 10.8. The zero-order valence-corrected chi connectivity index (χ0v) is 18.2. The van der Waals surface area contributed by atoms with Crippen molar-refractivity contribution in [2.75, 3.05) is 7.11 Å².